The molecule has 1 heterocycles. The molecule has 0 aliphatic carbocycles. The second-order valence-electron chi connectivity index (χ2n) is 4.28. The van der Waals surface area contributed by atoms with Gasteiger partial charge in [-0.25, -0.2) is 14.5 Å². The number of anilines is 1. The van der Waals surface area contributed by atoms with Crippen LogP contribution in [0.2, 0.25) is 0 Å². The Morgan fingerprint density at radius 3 is 2.95 bits per heavy atom. The van der Waals surface area contributed by atoms with Crippen LogP contribution < -0.4 is 10.5 Å². The molecule has 0 aliphatic rings. The van der Waals surface area contributed by atoms with E-state index in [1.807, 2.05) is 0 Å². The van der Waals surface area contributed by atoms with Crippen molar-refractivity contribution in [3.8, 4) is 5.75 Å². The molecule has 0 saturated carbocycles. The molecule has 0 saturated heterocycles. The molecular weight excluding hydrogens is 276 g/mol. The van der Waals surface area contributed by atoms with Crippen molar-refractivity contribution in [3.63, 3.8) is 0 Å². The van der Waals surface area contributed by atoms with E-state index in [-0.39, 0.29) is 19.0 Å². The van der Waals surface area contributed by atoms with E-state index in [0.29, 0.717) is 11.4 Å². The lowest BCUT2D eigenvalue weighted by Crippen LogP contribution is -2.24. The van der Waals surface area contributed by atoms with Crippen LogP contribution in [0.1, 0.15) is 10.6 Å². The standard InChI is InChI=1S/C13H16N4O4/c1-20-13(19)12-15-8-17(16-12)6-9(18)7-21-11-5-3-2-4-10(11)14/h2-5,8-9,18H,6-7,14H2,1H3. The summed E-state index contributed by atoms with van der Waals surface area (Å²) in [5.41, 5.74) is 6.22. The summed E-state index contributed by atoms with van der Waals surface area (Å²) in [6.07, 6.45) is 0.517. The van der Waals surface area contributed by atoms with E-state index in [4.69, 9.17) is 10.5 Å². The number of hydrogen-bond donors (Lipinski definition) is 2. The number of aromatic nitrogens is 3. The summed E-state index contributed by atoms with van der Waals surface area (Å²) in [5.74, 6) is -0.181. The fourth-order valence-corrected chi connectivity index (χ4v) is 1.63. The molecule has 0 aliphatic heterocycles. The first-order valence-electron chi connectivity index (χ1n) is 6.23. The van der Waals surface area contributed by atoms with Crippen LogP contribution in [0.3, 0.4) is 0 Å². The van der Waals surface area contributed by atoms with Crippen molar-refractivity contribution in [2.24, 2.45) is 0 Å². The lowest BCUT2D eigenvalue weighted by molar-refractivity contribution is 0.0583. The van der Waals surface area contributed by atoms with Gasteiger partial charge in [-0.2, -0.15) is 0 Å². The van der Waals surface area contributed by atoms with Crippen LogP contribution in [-0.2, 0) is 11.3 Å². The first-order chi connectivity index (χ1) is 10.1. The number of carbonyl (C=O) groups excluding carboxylic acids is 1. The number of carbonyl (C=O) groups is 1. The molecule has 8 nitrogen and oxygen atoms in total. The Morgan fingerprint density at radius 2 is 2.24 bits per heavy atom. The summed E-state index contributed by atoms with van der Waals surface area (Å²) in [6.45, 7) is 0.179. The lowest BCUT2D eigenvalue weighted by Gasteiger charge is -2.13. The Hall–Kier alpha value is -2.61. The molecule has 2 rings (SSSR count). The third kappa shape index (κ3) is 3.93. The molecule has 0 bridgehead atoms. The van der Waals surface area contributed by atoms with Gasteiger partial charge in [-0.1, -0.05) is 12.1 Å². The number of para-hydroxylation sites is 2. The predicted molar refractivity (Wildman–Crippen MR) is 73.7 cm³/mol. The number of hydrogen-bond acceptors (Lipinski definition) is 7. The third-order valence-corrected chi connectivity index (χ3v) is 2.65. The highest BCUT2D eigenvalue weighted by molar-refractivity contribution is 5.84. The molecule has 0 spiro atoms. The van der Waals surface area contributed by atoms with E-state index in [2.05, 4.69) is 14.8 Å². The fraction of sp³-hybridized carbons (Fsp3) is 0.308. The number of ether oxygens (including phenoxy) is 2. The molecule has 0 amide bonds. The number of methoxy groups -OCH3 is 1. The molecule has 0 fully saturated rings. The van der Waals surface area contributed by atoms with E-state index in [1.54, 1.807) is 24.3 Å². The largest absolute Gasteiger partial charge is 0.489 e. The Morgan fingerprint density at radius 1 is 1.48 bits per heavy atom. The van der Waals surface area contributed by atoms with Gasteiger partial charge in [-0.3, -0.25) is 0 Å². The van der Waals surface area contributed by atoms with Crippen LogP contribution in [0.4, 0.5) is 5.69 Å². The van der Waals surface area contributed by atoms with Crippen LogP contribution >= 0.6 is 0 Å². The summed E-state index contributed by atoms with van der Waals surface area (Å²) < 4.78 is 11.3. The van der Waals surface area contributed by atoms with Gasteiger partial charge in [0.1, 0.15) is 24.8 Å². The van der Waals surface area contributed by atoms with E-state index in [0.717, 1.165) is 0 Å². The third-order valence-electron chi connectivity index (χ3n) is 2.65. The van der Waals surface area contributed by atoms with Gasteiger partial charge in [-0.05, 0) is 12.1 Å². The number of aliphatic hydroxyl groups excluding tert-OH is 1. The van der Waals surface area contributed by atoms with Gasteiger partial charge in [0.2, 0.25) is 0 Å². The van der Waals surface area contributed by atoms with Crippen LogP contribution in [0.15, 0.2) is 30.6 Å². The topological polar surface area (TPSA) is 112 Å². The van der Waals surface area contributed by atoms with Gasteiger partial charge in [0.25, 0.3) is 5.82 Å². The van der Waals surface area contributed by atoms with E-state index in [9.17, 15) is 9.90 Å². The number of esters is 1. The molecule has 1 aromatic heterocycles. The molecule has 1 aromatic carbocycles. The highest BCUT2D eigenvalue weighted by Crippen LogP contribution is 2.19. The van der Waals surface area contributed by atoms with Gasteiger partial charge in [-0.15, -0.1) is 5.10 Å². The predicted octanol–water partition coefficient (Wildman–Crippen LogP) is 0.0868. The summed E-state index contributed by atoms with van der Waals surface area (Å²) >= 11 is 0. The molecule has 0 radical (unpaired) electrons. The Labute approximate surface area is 121 Å². The summed E-state index contributed by atoms with van der Waals surface area (Å²) in [6, 6.07) is 7.01. The highest BCUT2D eigenvalue weighted by Gasteiger charge is 2.13. The zero-order chi connectivity index (χ0) is 15.2. The molecule has 21 heavy (non-hydrogen) atoms. The van der Waals surface area contributed by atoms with Crippen molar-refractivity contribution in [2.45, 2.75) is 12.6 Å². The van der Waals surface area contributed by atoms with Crippen LogP contribution in [0.5, 0.6) is 5.75 Å². The maximum atomic E-state index is 11.2. The Balaban J connectivity index is 1.87. The lowest BCUT2D eigenvalue weighted by atomic mass is 10.3. The van der Waals surface area contributed by atoms with Crippen molar-refractivity contribution in [3.05, 3.63) is 36.4 Å². The zero-order valence-electron chi connectivity index (χ0n) is 11.5. The minimum Gasteiger partial charge on any atom is -0.489 e. The molecule has 2 aromatic rings. The van der Waals surface area contributed by atoms with Gasteiger partial charge >= 0.3 is 5.97 Å². The zero-order valence-corrected chi connectivity index (χ0v) is 11.5. The first kappa shape index (κ1) is 14.8. The van der Waals surface area contributed by atoms with Crippen molar-refractivity contribution in [1.82, 2.24) is 14.8 Å². The molecule has 1 unspecified atom stereocenters. The molecular formula is C13H16N4O4. The van der Waals surface area contributed by atoms with Crippen molar-refractivity contribution in [1.29, 1.82) is 0 Å². The maximum absolute atomic E-state index is 11.2. The second-order valence-corrected chi connectivity index (χ2v) is 4.28. The van der Waals surface area contributed by atoms with E-state index < -0.39 is 12.1 Å². The minimum atomic E-state index is -0.822. The van der Waals surface area contributed by atoms with E-state index >= 15 is 0 Å². The molecule has 1 atom stereocenters. The number of nitrogens with zero attached hydrogens (tertiary/aromatic N) is 3. The first-order valence-corrected chi connectivity index (χ1v) is 6.23. The molecule has 8 heteroatoms. The quantitative estimate of drug-likeness (QED) is 0.573. The fourth-order valence-electron chi connectivity index (χ4n) is 1.63. The second kappa shape index (κ2) is 6.71. The van der Waals surface area contributed by atoms with E-state index in [1.165, 1.54) is 18.1 Å². The minimum absolute atomic E-state index is 0.0433. The SMILES string of the molecule is COC(=O)c1ncn(CC(O)COc2ccccc2N)n1. The monoisotopic (exact) mass is 292 g/mol. The number of nitrogen functional groups attached to an aromatic ring is 1. The van der Waals surface area contributed by atoms with Gasteiger partial charge in [0.15, 0.2) is 0 Å². The summed E-state index contributed by atoms with van der Waals surface area (Å²) in [5, 5.41) is 13.8. The molecule has 112 valence electrons. The van der Waals surface area contributed by atoms with Crippen LogP contribution in [-0.4, -0.2) is 45.7 Å². The Bertz CT molecular complexity index is 614. The van der Waals surface area contributed by atoms with Crippen molar-refractivity contribution in [2.75, 3.05) is 19.5 Å². The smallest absolute Gasteiger partial charge is 0.377 e. The average Bonchev–Trinajstić information content (AvgIpc) is 2.94. The number of nitrogens with two attached hydrogens (primary N) is 1. The number of benzene rings is 1. The summed E-state index contributed by atoms with van der Waals surface area (Å²) in [7, 11) is 1.25. The Kier molecular flexibility index (Phi) is 4.72. The van der Waals surface area contributed by atoms with Crippen molar-refractivity contribution < 1.29 is 19.4 Å². The normalized spacial score (nSPS) is 11.9. The molecule has 3 N–H and O–H groups in total. The maximum Gasteiger partial charge on any atom is 0.377 e. The van der Waals surface area contributed by atoms with Gasteiger partial charge < -0.3 is 20.3 Å². The van der Waals surface area contributed by atoms with Crippen LogP contribution in [0.25, 0.3) is 0 Å². The van der Waals surface area contributed by atoms with Crippen LogP contribution in [0, 0.1) is 0 Å². The van der Waals surface area contributed by atoms with Gasteiger partial charge in [0.05, 0.1) is 19.3 Å². The number of rotatable bonds is 6. The van der Waals surface area contributed by atoms with Gasteiger partial charge in [0, 0.05) is 0 Å². The van der Waals surface area contributed by atoms with Crippen molar-refractivity contribution >= 4 is 11.7 Å². The number of aliphatic hydroxyl groups is 1. The average molecular weight is 292 g/mol. The highest BCUT2D eigenvalue weighted by atomic mass is 16.5. The summed E-state index contributed by atoms with van der Waals surface area (Å²) in [4.78, 5) is 15.0.